The second kappa shape index (κ2) is 5.11. The first kappa shape index (κ1) is 11.2. The minimum absolute atomic E-state index is 0.128. The maximum absolute atomic E-state index is 9.77. The van der Waals surface area contributed by atoms with Crippen LogP contribution in [0.15, 0.2) is 24.8 Å². The minimum atomic E-state index is 0.128. The van der Waals surface area contributed by atoms with Gasteiger partial charge in [-0.05, 0) is 18.1 Å². The smallest absolute Gasteiger partial charge is 0.161 e. The van der Waals surface area contributed by atoms with Crippen molar-refractivity contribution in [3.05, 3.63) is 35.9 Å². The number of hydrogen-bond acceptors (Lipinski definition) is 2. The molecule has 0 aliphatic rings. The number of phenolic OH excluding ortho intramolecular Hbond substituents is 1. The van der Waals surface area contributed by atoms with Crippen LogP contribution in [-0.4, -0.2) is 12.2 Å². The van der Waals surface area contributed by atoms with Crippen LogP contribution in [-0.2, 0) is 12.8 Å². The van der Waals surface area contributed by atoms with E-state index < -0.39 is 0 Å². The van der Waals surface area contributed by atoms with Crippen molar-refractivity contribution in [3.63, 3.8) is 0 Å². The Bertz CT molecular complexity index is 400. The molecule has 2 heteroatoms. The van der Waals surface area contributed by atoms with Gasteiger partial charge in [0.2, 0.25) is 0 Å². The fraction of sp³-hybridized carbons (Fsp3) is 0.231. The number of aromatic hydroxyl groups is 1. The van der Waals surface area contributed by atoms with Gasteiger partial charge in [0.15, 0.2) is 11.5 Å². The quantitative estimate of drug-likeness (QED) is 0.599. The number of hydrogen-bond donors (Lipinski definition) is 1. The van der Waals surface area contributed by atoms with Crippen LogP contribution >= 0.6 is 0 Å². The zero-order valence-electron chi connectivity index (χ0n) is 8.79. The van der Waals surface area contributed by atoms with Crippen LogP contribution in [0.2, 0.25) is 0 Å². The number of terminal acetylenes is 1. The van der Waals surface area contributed by atoms with Crippen LogP contribution in [0.5, 0.6) is 11.5 Å². The van der Waals surface area contributed by atoms with E-state index in [0.29, 0.717) is 17.7 Å². The third-order valence-corrected chi connectivity index (χ3v) is 2.11. The summed E-state index contributed by atoms with van der Waals surface area (Å²) < 4.78 is 5.07. The average Bonchev–Trinajstić information content (AvgIpc) is 2.23. The minimum Gasteiger partial charge on any atom is -0.504 e. The maximum Gasteiger partial charge on any atom is 0.161 e. The zero-order valence-corrected chi connectivity index (χ0v) is 8.79. The Hall–Kier alpha value is -1.88. The average molecular weight is 202 g/mol. The molecule has 0 atom stereocenters. The highest BCUT2D eigenvalue weighted by Gasteiger charge is 2.08. The van der Waals surface area contributed by atoms with Crippen molar-refractivity contribution in [3.8, 4) is 23.8 Å². The molecule has 0 saturated heterocycles. The number of rotatable bonds is 4. The summed E-state index contributed by atoms with van der Waals surface area (Å²) in [5, 5.41) is 9.77. The lowest BCUT2D eigenvalue weighted by atomic mass is 10.0. The molecular formula is C13H14O2. The molecule has 0 aliphatic carbocycles. The van der Waals surface area contributed by atoms with E-state index in [9.17, 15) is 5.11 Å². The second-order valence-electron chi connectivity index (χ2n) is 3.18. The molecule has 1 aromatic carbocycles. The lowest BCUT2D eigenvalue weighted by molar-refractivity contribution is 0.371. The Morgan fingerprint density at radius 1 is 1.60 bits per heavy atom. The summed E-state index contributed by atoms with van der Waals surface area (Å²) in [5.74, 6) is 3.09. The van der Waals surface area contributed by atoms with E-state index >= 15 is 0 Å². The Morgan fingerprint density at radius 2 is 2.33 bits per heavy atom. The lowest BCUT2D eigenvalue weighted by Crippen LogP contribution is -1.93. The molecule has 1 aromatic rings. The number of methoxy groups -OCH3 is 1. The van der Waals surface area contributed by atoms with Gasteiger partial charge in [-0.2, -0.15) is 0 Å². The third-order valence-electron chi connectivity index (χ3n) is 2.11. The topological polar surface area (TPSA) is 29.5 Å². The molecule has 0 aromatic heterocycles. The number of benzene rings is 1. The fourth-order valence-corrected chi connectivity index (χ4v) is 1.41. The van der Waals surface area contributed by atoms with Gasteiger partial charge in [-0.1, -0.05) is 12.1 Å². The largest absolute Gasteiger partial charge is 0.504 e. The van der Waals surface area contributed by atoms with Gasteiger partial charge in [0, 0.05) is 12.0 Å². The second-order valence-corrected chi connectivity index (χ2v) is 3.18. The van der Waals surface area contributed by atoms with Crippen molar-refractivity contribution in [1.82, 2.24) is 0 Å². The summed E-state index contributed by atoms with van der Waals surface area (Å²) in [5.41, 5.74) is 1.75. The van der Waals surface area contributed by atoms with E-state index in [2.05, 4.69) is 12.5 Å². The van der Waals surface area contributed by atoms with Crippen LogP contribution in [0.25, 0.3) is 0 Å². The molecule has 0 bridgehead atoms. The van der Waals surface area contributed by atoms with E-state index in [-0.39, 0.29) is 5.75 Å². The summed E-state index contributed by atoms with van der Waals surface area (Å²) in [4.78, 5) is 0. The molecular weight excluding hydrogens is 188 g/mol. The van der Waals surface area contributed by atoms with Crippen molar-refractivity contribution in [2.45, 2.75) is 12.8 Å². The fourth-order valence-electron chi connectivity index (χ4n) is 1.41. The molecule has 0 amide bonds. The van der Waals surface area contributed by atoms with Crippen molar-refractivity contribution < 1.29 is 9.84 Å². The molecule has 15 heavy (non-hydrogen) atoms. The first-order chi connectivity index (χ1) is 7.22. The first-order valence-electron chi connectivity index (χ1n) is 4.66. The third kappa shape index (κ3) is 2.54. The van der Waals surface area contributed by atoms with Crippen molar-refractivity contribution in [1.29, 1.82) is 0 Å². The van der Waals surface area contributed by atoms with E-state index in [4.69, 9.17) is 11.2 Å². The Balaban J connectivity index is 3.19. The van der Waals surface area contributed by atoms with Crippen molar-refractivity contribution in [2.75, 3.05) is 7.11 Å². The molecule has 0 spiro atoms. The van der Waals surface area contributed by atoms with Gasteiger partial charge in [0.1, 0.15) is 0 Å². The Morgan fingerprint density at radius 3 is 2.87 bits per heavy atom. The molecule has 0 heterocycles. The summed E-state index contributed by atoms with van der Waals surface area (Å²) >= 11 is 0. The van der Waals surface area contributed by atoms with Crippen LogP contribution in [0.3, 0.4) is 0 Å². The van der Waals surface area contributed by atoms with E-state index in [1.807, 2.05) is 6.07 Å². The maximum atomic E-state index is 9.77. The SMILES string of the molecule is C#CCc1cc(CC=C)cc(OC)c1O. The van der Waals surface area contributed by atoms with Gasteiger partial charge in [-0.15, -0.1) is 18.9 Å². The number of allylic oxidation sites excluding steroid dienone is 1. The summed E-state index contributed by atoms with van der Waals surface area (Å²) in [6.07, 6.45) is 8.15. The van der Waals surface area contributed by atoms with E-state index in [1.54, 1.807) is 12.1 Å². The monoisotopic (exact) mass is 202 g/mol. The molecule has 0 fully saturated rings. The number of phenols is 1. The summed E-state index contributed by atoms with van der Waals surface area (Å²) in [7, 11) is 1.52. The van der Waals surface area contributed by atoms with Gasteiger partial charge in [-0.25, -0.2) is 0 Å². The zero-order chi connectivity index (χ0) is 11.3. The highest BCUT2D eigenvalue weighted by Crippen LogP contribution is 2.31. The molecule has 1 rings (SSSR count). The Kier molecular flexibility index (Phi) is 3.82. The standard InChI is InChI=1S/C13H14O2/c1-4-6-10-8-11(7-5-2)13(14)12(9-10)15-3/h2,4,8-9,14H,1,6-7H2,3H3. The molecule has 1 N–H and O–H groups in total. The summed E-state index contributed by atoms with van der Waals surface area (Å²) in [6, 6.07) is 3.66. The van der Waals surface area contributed by atoms with Gasteiger partial charge in [-0.3, -0.25) is 0 Å². The van der Waals surface area contributed by atoms with Crippen LogP contribution in [0.4, 0.5) is 0 Å². The van der Waals surface area contributed by atoms with Crippen molar-refractivity contribution >= 4 is 0 Å². The Labute approximate surface area is 90.2 Å². The molecule has 0 aliphatic heterocycles. The summed E-state index contributed by atoms with van der Waals surface area (Å²) in [6.45, 7) is 3.67. The van der Waals surface area contributed by atoms with Gasteiger partial charge >= 0.3 is 0 Å². The van der Waals surface area contributed by atoms with Crippen LogP contribution in [0, 0.1) is 12.3 Å². The van der Waals surface area contributed by atoms with Gasteiger partial charge < -0.3 is 9.84 Å². The molecule has 78 valence electrons. The van der Waals surface area contributed by atoms with Crippen molar-refractivity contribution in [2.24, 2.45) is 0 Å². The highest BCUT2D eigenvalue weighted by atomic mass is 16.5. The van der Waals surface area contributed by atoms with E-state index in [0.717, 1.165) is 12.0 Å². The highest BCUT2D eigenvalue weighted by molar-refractivity contribution is 5.49. The predicted molar refractivity (Wildman–Crippen MR) is 61.1 cm³/mol. The first-order valence-corrected chi connectivity index (χ1v) is 4.66. The number of ether oxygens (including phenoxy) is 1. The molecule has 0 radical (unpaired) electrons. The lowest BCUT2D eigenvalue weighted by Gasteiger charge is -2.09. The normalized spacial score (nSPS) is 9.33. The molecule has 2 nitrogen and oxygen atoms in total. The molecule has 0 saturated carbocycles. The van der Waals surface area contributed by atoms with Gasteiger partial charge in [0.25, 0.3) is 0 Å². The van der Waals surface area contributed by atoms with Crippen LogP contribution in [0.1, 0.15) is 11.1 Å². The van der Waals surface area contributed by atoms with E-state index in [1.165, 1.54) is 7.11 Å². The predicted octanol–water partition coefficient (Wildman–Crippen LogP) is 2.31. The molecule has 0 unspecified atom stereocenters. The van der Waals surface area contributed by atoms with Gasteiger partial charge in [0.05, 0.1) is 7.11 Å². The van der Waals surface area contributed by atoms with Crippen LogP contribution < -0.4 is 4.74 Å².